The van der Waals surface area contributed by atoms with Gasteiger partial charge in [-0.1, -0.05) is 18.2 Å². The molecule has 1 aliphatic heterocycles. The molecule has 0 spiro atoms. The summed E-state index contributed by atoms with van der Waals surface area (Å²) in [4.78, 5) is 40.4. The van der Waals surface area contributed by atoms with Crippen molar-refractivity contribution in [2.75, 3.05) is 19.1 Å². The molecule has 1 fully saturated rings. The number of H-pyrrole nitrogens is 1. The van der Waals surface area contributed by atoms with Gasteiger partial charge in [0.2, 0.25) is 5.95 Å². The summed E-state index contributed by atoms with van der Waals surface area (Å²) in [5.74, 6) is -0.712. The van der Waals surface area contributed by atoms with Gasteiger partial charge in [-0.2, -0.15) is 0 Å². The molecule has 2 aromatic heterocycles. The molecule has 2 aromatic carbocycles. The lowest BCUT2D eigenvalue weighted by Crippen LogP contribution is -2.30. The van der Waals surface area contributed by atoms with E-state index < -0.39 is 17.7 Å². The Kier molecular flexibility index (Phi) is 5.83. The number of fused-ring (bicyclic) bond motifs is 2. The number of aliphatic hydroxyl groups is 1. The summed E-state index contributed by atoms with van der Waals surface area (Å²) in [6.45, 7) is 0. The van der Waals surface area contributed by atoms with E-state index in [9.17, 15) is 14.7 Å². The molecule has 192 valence electrons. The molecule has 2 aliphatic rings. The van der Waals surface area contributed by atoms with E-state index in [0.717, 1.165) is 31.2 Å². The van der Waals surface area contributed by atoms with Crippen molar-refractivity contribution in [2.24, 2.45) is 0 Å². The summed E-state index contributed by atoms with van der Waals surface area (Å²) in [5.41, 5.74) is 4.43. The highest BCUT2D eigenvalue weighted by atomic mass is 16.5. The average molecular weight is 511 g/mol. The van der Waals surface area contributed by atoms with Gasteiger partial charge >= 0.3 is 5.91 Å². The third-order valence-electron chi connectivity index (χ3n) is 7.24. The van der Waals surface area contributed by atoms with Crippen LogP contribution in [-0.2, 0) is 22.4 Å². The van der Waals surface area contributed by atoms with Crippen LogP contribution in [-0.4, -0.2) is 46.0 Å². The van der Waals surface area contributed by atoms with Gasteiger partial charge in [-0.05, 0) is 55.0 Å². The maximum atomic E-state index is 13.5. The van der Waals surface area contributed by atoms with E-state index in [4.69, 9.17) is 9.47 Å². The van der Waals surface area contributed by atoms with Crippen molar-refractivity contribution in [3.05, 3.63) is 82.7 Å². The number of aliphatic hydroxyl groups excluding tert-OH is 1. The number of methoxy groups -OCH3 is 2. The first-order chi connectivity index (χ1) is 18.5. The molecule has 6 rings (SSSR count). The minimum Gasteiger partial charge on any atom is -0.507 e. The van der Waals surface area contributed by atoms with Crippen molar-refractivity contribution in [1.29, 1.82) is 0 Å². The van der Waals surface area contributed by atoms with Crippen LogP contribution in [0.2, 0.25) is 0 Å². The van der Waals surface area contributed by atoms with Gasteiger partial charge in [0.15, 0.2) is 11.5 Å². The number of hydrogen-bond donors (Lipinski definition) is 2. The van der Waals surface area contributed by atoms with Crippen molar-refractivity contribution in [3.63, 3.8) is 0 Å². The number of carbonyl (C=O) groups excluding carboxylic acids is 2. The standard InChI is InChI=1S/C29H26N4O5/c1-37-22-14-20-21(15-23(22)38-2)32-29(31-20)33-25(19-9-5-6-12-30-19)24(27(35)28(33)36)26(34)18-11-10-16-7-3-4-8-17(16)13-18/h5-6,9-15,25,34H,3-4,7-8H2,1-2H3,(H,31,32)/b26-24+. The number of imidazole rings is 1. The lowest BCUT2D eigenvalue weighted by molar-refractivity contribution is -0.132. The van der Waals surface area contributed by atoms with Crippen LogP contribution in [0.3, 0.4) is 0 Å². The van der Waals surface area contributed by atoms with E-state index in [0.29, 0.717) is 33.8 Å². The van der Waals surface area contributed by atoms with Crippen molar-refractivity contribution < 1.29 is 24.2 Å². The third-order valence-corrected chi connectivity index (χ3v) is 7.24. The second kappa shape index (κ2) is 9.33. The fourth-order valence-corrected chi connectivity index (χ4v) is 5.34. The Balaban J connectivity index is 1.52. The monoisotopic (exact) mass is 510 g/mol. The molecule has 1 aliphatic carbocycles. The molecule has 0 saturated carbocycles. The molecule has 3 heterocycles. The van der Waals surface area contributed by atoms with Crippen LogP contribution in [0.25, 0.3) is 16.8 Å². The summed E-state index contributed by atoms with van der Waals surface area (Å²) >= 11 is 0. The first-order valence-electron chi connectivity index (χ1n) is 12.5. The van der Waals surface area contributed by atoms with Gasteiger partial charge < -0.3 is 19.6 Å². The summed E-state index contributed by atoms with van der Waals surface area (Å²) in [6, 6.07) is 13.4. The second-order valence-corrected chi connectivity index (χ2v) is 9.40. The highest BCUT2D eigenvalue weighted by Gasteiger charge is 2.49. The first-order valence-corrected chi connectivity index (χ1v) is 12.5. The van der Waals surface area contributed by atoms with Crippen LogP contribution < -0.4 is 14.4 Å². The number of benzene rings is 2. The van der Waals surface area contributed by atoms with Crippen LogP contribution in [0.1, 0.15) is 41.3 Å². The number of aromatic nitrogens is 3. The lowest BCUT2D eigenvalue weighted by atomic mass is 9.89. The van der Waals surface area contributed by atoms with E-state index in [1.807, 2.05) is 18.2 Å². The van der Waals surface area contributed by atoms with Gasteiger partial charge in [-0.3, -0.25) is 19.5 Å². The fraction of sp³-hybridized carbons (Fsp3) is 0.241. The number of hydrogen-bond acceptors (Lipinski definition) is 7. The predicted molar refractivity (Wildman–Crippen MR) is 141 cm³/mol. The number of rotatable bonds is 5. The summed E-state index contributed by atoms with van der Waals surface area (Å²) in [5, 5.41) is 11.5. The van der Waals surface area contributed by atoms with Gasteiger partial charge in [0.05, 0.1) is 36.5 Å². The number of carbonyl (C=O) groups is 2. The Morgan fingerprint density at radius 1 is 1.00 bits per heavy atom. The quantitative estimate of drug-likeness (QED) is 0.231. The number of ether oxygens (including phenoxy) is 2. The highest BCUT2D eigenvalue weighted by molar-refractivity contribution is 6.51. The number of pyridine rings is 1. The number of aryl methyl sites for hydroxylation is 2. The zero-order chi connectivity index (χ0) is 26.4. The van der Waals surface area contributed by atoms with Gasteiger partial charge in [0.25, 0.3) is 5.78 Å². The van der Waals surface area contributed by atoms with Crippen molar-refractivity contribution >= 4 is 34.4 Å². The van der Waals surface area contributed by atoms with Crippen molar-refractivity contribution in [2.45, 2.75) is 31.7 Å². The number of amides is 1. The van der Waals surface area contributed by atoms with Crippen molar-refractivity contribution in [1.82, 2.24) is 15.0 Å². The van der Waals surface area contributed by atoms with Crippen LogP contribution >= 0.6 is 0 Å². The summed E-state index contributed by atoms with van der Waals surface area (Å²) in [6.07, 6.45) is 5.72. The third kappa shape index (κ3) is 3.78. The number of ketones is 1. The van der Waals surface area contributed by atoms with Crippen LogP contribution in [0, 0.1) is 0 Å². The topological polar surface area (TPSA) is 118 Å². The number of Topliss-reactive ketones (excluding diaryl/α,β-unsaturated/α-hetero) is 1. The molecule has 9 heteroatoms. The van der Waals surface area contributed by atoms with Gasteiger partial charge in [-0.15, -0.1) is 0 Å². The molecule has 4 aromatic rings. The van der Waals surface area contributed by atoms with Gasteiger partial charge in [0, 0.05) is 23.9 Å². The highest BCUT2D eigenvalue weighted by Crippen LogP contribution is 2.42. The van der Waals surface area contributed by atoms with E-state index in [-0.39, 0.29) is 17.3 Å². The van der Waals surface area contributed by atoms with Crippen LogP contribution in [0.4, 0.5) is 5.95 Å². The summed E-state index contributed by atoms with van der Waals surface area (Å²) < 4.78 is 10.8. The smallest absolute Gasteiger partial charge is 0.302 e. The number of aromatic amines is 1. The van der Waals surface area contributed by atoms with Crippen LogP contribution in [0.15, 0.2) is 60.3 Å². The molecule has 1 amide bonds. The summed E-state index contributed by atoms with van der Waals surface area (Å²) in [7, 11) is 3.05. The molecule has 1 saturated heterocycles. The van der Waals surface area contributed by atoms with E-state index in [1.165, 1.54) is 24.7 Å². The molecule has 9 nitrogen and oxygen atoms in total. The van der Waals surface area contributed by atoms with E-state index in [2.05, 4.69) is 15.0 Å². The zero-order valence-electron chi connectivity index (χ0n) is 21.0. The Morgan fingerprint density at radius 2 is 1.76 bits per heavy atom. The zero-order valence-corrected chi connectivity index (χ0v) is 21.0. The fourth-order valence-electron chi connectivity index (χ4n) is 5.34. The second-order valence-electron chi connectivity index (χ2n) is 9.40. The largest absolute Gasteiger partial charge is 0.507 e. The number of nitrogens with one attached hydrogen (secondary N) is 1. The maximum absolute atomic E-state index is 13.5. The minimum atomic E-state index is -0.975. The molecule has 38 heavy (non-hydrogen) atoms. The lowest BCUT2D eigenvalue weighted by Gasteiger charge is -2.22. The van der Waals surface area contributed by atoms with Gasteiger partial charge in [0.1, 0.15) is 11.8 Å². The Bertz CT molecular complexity index is 1570. The van der Waals surface area contributed by atoms with Crippen LogP contribution in [0.5, 0.6) is 11.5 Å². The molecule has 1 unspecified atom stereocenters. The first kappa shape index (κ1) is 23.7. The average Bonchev–Trinajstić information content (AvgIpc) is 3.49. The Hall–Kier alpha value is -4.66. The minimum absolute atomic E-state index is 0.0277. The van der Waals surface area contributed by atoms with Crippen molar-refractivity contribution in [3.8, 4) is 11.5 Å². The normalized spacial score (nSPS) is 18.6. The molecule has 2 N–H and O–H groups in total. The number of nitrogens with zero attached hydrogens (tertiary/aromatic N) is 3. The Morgan fingerprint density at radius 3 is 2.50 bits per heavy atom. The molecular formula is C29H26N4O5. The predicted octanol–water partition coefficient (Wildman–Crippen LogP) is 4.48. The molecule has 0 radical (unpaired) electrons. The van der Waals surface area contributed by atoms with Gasteiger partial charge in [-0.25, -0.2) is 4.98 Å². The van der Waals surface area contributed by atoms with E-state index >= 15 is 0 Å². The molecular weight excluding hydrogens is 484 g/mol. The molecule has 0 bridgehead atoms. The number of anilines is 1. The SMILES string of the molecule is COc1cc2nc(N3C(=O)C(=O)/C(=C(/O)c4ccc5c(c4)CCCC5)C3c3ccccn3)[nH]c2cc1OC. The Labute approximate surface area is 218 Å². The van der Waals surface area contributed by atoms with E-state index in [1.54, 1.807) is 36.5 Å². The molecule has 1 atom stereocenters. The maximum Gasteiger partial charge on any atom is 0.302 e.